The molecule has 2 nitrogen and oxygen atoms in total. The summed E-state index contributed by atoms with van der Waals surface area (Å²) in [5.74, 6) is 0. The Labute approximate surface area is 114 Å². The molecule has 1 N–H and O–H groups in total. The summed E-state index contributed by atoms with van der Waals surface area (Å²) in [7, 11) is -2.76. The van der Waals surface area contributed by atoms with Crippen LogP contribution in [0.5, 0.6) is 0 Å². The van der Waals surface area contributed by atoms with E-state index in [2.05, 4.69) is 12.1 Å². The molecule has 1 aliphatic rings. The zero-order chi connectivity index (χ0) is 13.1. The van der Waals surface area contributed by atoms with Crippen molar-refractivity contribution in [2.75, 3.05) is 0 Å². The minimum atomic E-state index is -2.76. The largest absolute Gasteiger partial charge is 0.407 e. The lowest BCUT2D eigenvalue weighted by Gasteiger charge is -2.35. The molecule has 1 saturated heterocycles. The predicted molar refractivity (Wildman–Crippen MR) is 78.4 cm³/mol. The third-order valence-corrected chi connectivity index (χ3v) is 6.66. The highest BCUT2D eigenvalue weighted by atomic mass is 28.4. The lowest BCUT2D eigenvalue weighted by Crippen LogP contribution is -2.53. The zero-order valence-corrected chi connectivity index (χ0v) is 11.8. The van der Waals surface area contributed by atoms with Crippen molar-refractivity contribution in [1.29, 1.82) is 0 Å². The average Bonchev–Trinajstić information content (AvgIpc) is 2.49. The molecular weight excluding hydrogens is 252 g/mol. The van der Waals surface area contributed by atoms with Crippen LogP contribution in [0, 0.1) is 0 Å². The van der Waals surface area contributed by atoms with Crippen LogP contribution in [0.1, 0.15) is 24.5 Å². The summed E-state index contributed by atoms with van der Waals surface area (Å²) in [6.07, 6.45) is 2.05. The van der Waals surface area contributed by atoms with Gasteiger partial charge in [0.15, 0.2) is 0 Å². The Bertz CT molecular complexity index is 529. The van der Waals surface area contributed by atoms with Gasteiger partial charge >= 0.3 is 8.56 Å². The molecule has 0 aliphatic carbocycles. The Balaban J connectivity index is 1.86. The molecule has 0 radical (unpaired) electrons. The monoisotopic (exact) mass is 270 g/mol. The highest BCUT2D eigenvalue weighted by Gasteiger charge is 2.41. The summed E-state index contributed by atoms with van der Waals surface area (Å²) >= 11 is 0. The summed E-state index contributed by atoms with van der Waals surface area (Å²) in [6, 6.07) is 20.9. The first-order chi connectivity index (χ1) is 9.28. The third kappa shape index (κ3) is 2.63. The van der Waals surface area contributed by atoms with Gasteiger partial charge in [-0.25, -0.2) is 0 Å². The van der Waals surface area contributed by atoms with Crippen LogP contribution in [0.4, 0.5) is 0 Å². The van der Waals surface area contributed by atoms with Gasteiger partial charge in [0.1, 0.15) is 0 Å². The van der Waals surface area contributed by atoms with Gasteiger partial charge in [-0.1, -0.05) is 60.7 Å². The lowest BCUT2D eigenvalue weighted by atomic mass is 10.1. The van der Waals surface area contributed by atoms with Crippen molar-refractivity contribution >= 4 is 13.7 Å². The molecule has 0 spiro atoms. The highest BCUT2D eigenvalue weighted by Crippen LogP contribution is 2.33. The number of benzene rings is 2. The van der Waals surface area contributed by atoms with E-state index in [0.717, 1.165) is 24.1 Å². The summed E-state index contributed by atoms with van der Waals surface area (Å²) in [5.41, 5.74) is 1.17. The molecule has 2 aromatic rings. The van der Waals surface area contributed by atoms with Crippen LogP contribution in [0.3, 0.4) is 0 Å². The van der Waals surface area contributed by atoms with E-state index < -0.39 is 8.56 Å². The van der Waals surface area contributed by atoms with Gasteiger partial charge in [0.2, 0.25) is 0 Å². The maximum atomic E-state index is 10.9. The molecule has 3 rings (SSSR count). The number of rotatable bonds is 2. The van der Waals surface area contributed by atoms with Crippen LogP contribution in [0.2, 0.25) is 6.04 Å². The first-order valence-electron chi connectivity index (χ1n) is 6.79. The van der Waals surface area contributed by atoms with Crippen molar-refractivity contribution in [2.45, 2.75) is 25.0 Å². The van der Waals surface area contributed by atoms with E-state index in [1.807, 2.05) is 48.5 Å². The van der Waals surface area contributed by atoms with Gasteiger partial charge < -0.3 is 9.22 Å². The van der Waals surface area contributed by atoms with Crippen LogP contribution in [0.15, 0.2) is 60.7 Å². The number of hydrogen-bond donors (Lipinski definition) is 1. The topological polar surface area (TPSA) is 29.5 Å². The Morgan fingerprint density at radius 1 is 0.947 bits per heavy atom. The van der Waals surface area contributed by atoms with E-state index in [1.54, 1.807) is 0 Å². The van der Waals surface area contributed by atoms with Gasteiger partial charge in [-0.15, -0.1) is 0 Å². The molecule has 0 saturated carbocycles. The van der Waals surface area contributed by atoms with Gasteiger partial charge in [-0.2, -0.15) is 0 Å². The Morgan fingerprint density at radius 3 is 2.26 bits per heavy atom. The van der Waals surface area contributed by atoms with Gasteiger partial charge in [0.25, 0.3) is 0 Å². The summed E-state index contributed by atoms with van der Waals surface area (Å²) in [4.78, 5) is 10.9. The Hall–Kier alpha value is -1.42. The third-order valence-electron chi connectivity index (χ3n) is 3.72. The van der Waals surface area contributed by atoms with Gasteiger partial charge in [-0.3, -0.25) is 0 Å². The van der Waals surface area contributed by atoms with Crippen LogP contribution >= 0.6 is 0 Å². The predicted octanol–water partition coefficient (Wildman–Crippen LogP) is 2.88. The van der Waals surface area contributed by atoms with E-state index in [0.29, 0.717) is 0 Å². The molecule has 2 atom stereocenters. The maximum Gasteiger partial charge on any atom is 0.370 e. The molecule has 0 amide bonds. The quantitative estimate of drug-likeness (QED) is 0.850. The standard InChI is InChI=1S/C16H18O2Si/c17-19(15-10-5-2-6-11-15)13-7-12-16(18-19)14-8-3-1-4-9-14/h1-6,8-11,16-17H,7,12-13H2. The molecule has 0 aromatic heterocycles. The second-order valence-corrected chi connectivity index (χ2v) is 7.94. The smallest absolute Gasteiger partial charge is 0.370 e. The van der Waals surface area contributed by atoms with Gasteiger partial charge in [0, 0.05) is 0 Å². The van der Waals surface area contributed by atoms with Crippen LogP contribution in [-0.2, 0) is 4.43 Å². The molecule has 1 fully saturated rings. The molecule has 2 unspecified atom stereocenters. The average molecular weight is 270 g/mol. The first kappa shape index (κ1) is 12.6. The van der Waals surface area contributed by atoms with Crippen molar-refractivity contribution in [3.05, 3.63) is 66.2 Å². The van der Waals surface area contributed by atoms with Gasteiger partial charge in [-0.05, 0) is 29.6 Å². The van der Waals surface area contributed by atoms with Gasteiger partial charge in [0.05, 0.1) is 6.10 Å². The van der Waals surface area contributed by atoms with Crippen molar-refractivity contribution in [3.63, 3.8) is 0 Å². The normalized spacial score (nSPS) is 27.1. The SMILES string of the molecule is O[Si]1(c2ccccc2)CCCC(c2ccccc2)O1. The number of hydrogen-bond acceptors (Lipinski definition) is 2. The van der Waals surface area contributed by atoms with Crippen molar-refractivity contribution < 1.29 is 9.22 Å². The molecule has 0 bridgehead atoms. The lowest BCUT2D eigenvalue weighted by molar-refractivity contribution is 0.124. The van der Waals surface area contributed by atoms with Crippen molar-refractivity contribution in [2.24, 2.45) is 0 Å². The zero-order valence-electron chi connectivity index (χ0n) is 10.8. The molecule has 19 heavy (non-hydrogen) atoms. The molecule has 2 aromatic carbocycles. The van der Waals surface area contributed by atoms with Crippen molar-refractivity contribution in [3.8, 4) is 0 Å². The first-order valence-corrected chi connectivity index (χ1v) is 8.85. The van der Waals surface area contributed by atoms with Crippen LogP contribution in [-0.4, -0.2) is 13.4 Å². The fraction of sp³-hybridized carbons (Fsp3) is 0.250. The fourth-order valence-electron chi connectivity index (χ4n) is 2.69. The molecule has 98 valence electrons. The molecule has 3 heteroatoms. The maximum absolute atomic E-state index is 10.9. The second-order valence-electron chi connectivity index (χ2n) is 5.06. The molecule has 1 heterocycles. The summed E-state index contributed by atoms with van der Waals surface area (Å²) in [5, 5.41) is 0.982. The van der Waals surface area contributed by atoms with Crippen LogP contribution in [0.25, 0.3) is 0 Å². The van der Waals surface area contributed by atoms with E-state index in [-0.39, 0.29) is 6.10 Å². The fourth-order valence-corrected chi connectivity index (χ4v) is 5.36. The Morgan fingerprint density at radius 2 is 1.58 bits per heavy atom. The molecular formula is C16H18O2Si. The second kappa shape index (κ2) is 5.29. The van der Waals surface area contributed by atoms with E-state index >= 15 is 0 Å². The van der Waals surface area contributed by atoms with E-state index in [4.69, 9.17) is 4.43 Å². The van der Waals surface area contributed by atoms with E-state index in [9.17, 15) is 4.80 Å². The summed E-state index contributed by atoms with van der Waals surface area (Å²) in [6.45, 7) is 0. The highest BCUT2D eigenvalue weighted by molar-refractivity contribution is 6.80. The van der Waals surface area contributed by atoms with Crippen molar-refractivity contribution in [1.82, 2.24) is 0 Å². The minimum absolute atomic E-state index is 0.0341. The Kier molecular flexibility index (Phi) is 3.51. The summed E-state index contributed by atoms with van der Waals surface area (Å²) < 4.78 is 6.14. The minimum Gasteiger partial charge on any atom is -0.407 e. The molecule has 1 aliphatic heterocycles. The van der Waals surface area contributed by atoms with E-state index in [1.165, 1.54) is 5.56 Å². The van der Waals surface area contributed by atoms with Crippen LogP contribution < -0.4 is 5.19 Å².